The molecule has 0 bridgehead atoms. The fraction of sp³-hybridized carbons (Fsp3) is 0.278. The first-order chi connectivity index (χ1) is 10.1. The summed E-state index contributed by atoms with van der Waals surface area (Å²) in [6.07, 6.45) is 0.580. The van der Waals surface area contributed by atoms with Gasteiger partial charge in [-0.15, -0.1) is 0 Å². The number of carboxylic acids is 1. The fourth-order valence-electron chi connectivity index (χ4n) is 2.96. The average Bonchev–Trinajstić information content (AvgIpc) is 2.82. The highest BCUT2D eigenvalue weighted by Gasteiger charge is 2.33. The first-order valence-corrected chi connectivity index (χ1v) is 7.20. The summed E-state index contributed by atoms with van der Waals surface area (Å²) in [6, 6.07) is 13.8. The maximum atomic E-state index is 11.6. The van der Waals surface area contributed by atoms with Crippen LogP contribution in [0.2, 0.25) is 0 Å². The van der Waals surface area contributed by atoms with Crippen molar-refractivity contribution in [1.29, 1.82) is 0 Å². The Morgan fingerprint density at radius 1 is 1.19 bits per heavy atom. The number of anilines is 1. The summed E-state index contributed by atoms with van der Waals surface area (Å²) in [5.74, 6) is -0.755. The smallest absolute Gasteiger partial charge is 0.326 e. The highest BCUT2D eigenvalue weighted by molar-refractivity contribution is 5.82. The van der Waals surface area contributed by atoms with Gasteiger partial charge in [0.15, 0.2) is 0 Å². The van der Waals surface area contributed by atoms with Crippen molar-refractivity contribution in [3.8, 4) is 0 Å². The summed E-state index contributed by atoms with van der Waals surface area (Å²) < 4.78 is 0. The van der Waals surface area contributed by atoms with Crippen LogP contribution in [0.3, 0.4) is 0 Å². The monoisotopic (exact) mass is 281 g/mol. The fourth-order valence-corrected chi connectivity index (χ4v) is 2.96. The number of nitrogens with zero attached hydrogens (tertiary/aromatic N) is 1. The summed E-state index contributed by atoms with van der Waals surface area (Å²) in [6.45, 7) is 4.81. The number of aliphatic carboxylic acids is 1. The number of fused-ring (bicyclic) bond motifs is 1. The number of benzene rings is 2. The molecule has 21 heavy (non-hydrogen) atoms. The second-order valence-corrected chi connectivity index (χ2v) is 5.73. The lowest BCUT2D eigenvalue weighted by Gasteiger charge is -2.25. The van der Waals surface area contributed by atoms with Crippen LogP contribution in [-0.4, -0.2) is 17.1 Å². The van der Waals surface area contributed by atoms with E-state index in [2.05, 4.69) is 32.0 Å². The average molecular weight is 281 g/mol. The molecular formula is C18H19NO2. The predicted molar refractivity (Wildman–Crippen MR) is 83.7 cm³/mol. The van der Waals surface area contributed by atoms with Gasteiger partial charge in [0.1, 0.15) is 6.04 Å². The molecule has 1 unspecified atom stereocenters. The molecule has 0 fully saturated rings. The highest BCUT2D eigenvalue weighted by Crippen LogP contribution is 2.33. The molecule has 108 valence electrons. The van der Waals surface area contributed by atoms with Gasteiger partial charge < -0.3 is 10.0 Å². The summed E-state index contributed by atoms with van der Waals surface area (Å²) in [7, 11) is 0. The third-order valence-electron chi connectivity index (χ3n) is 4.30. The summed E-state index contributed by atoms with van der Waals surface area (Å²) in [5, 5.41) is 9.49. The van der Waals surface area contributed by atoms with Crippen molar-refractivity contribution in [2.24, 2.45) is 0 Å². The van der Waals surface area contributed by atoms with Gasteiger partial charge in [-0.1, -0.05) is 36.4 Å². The predicted octanol–water partition coefficient (Wildman–Crippen LogP) is 3.32. The second kappa shape index (κ2) is 5.24. The first kappa shape index (κ1) is 13.7. The number of carboxylic acid groups (broad SMARTS) is 1. The maximum absolute atomic E-state index is 11.6. The van der Waals surface area contributed by atoms with E-state index in [0.29, 0.717) is 13.0 Å². The van der Waals surface area contributed by atoms with Crippen LogP contribution in [-0.2, 0) is 17.8 Å². The van der Waals surface area contributed by atoms with Gasteiger partial charge in [0.25, 0.3) is 0 Å². The molecule has 1 atom stereocenters. The zero-order valence-corrected chi connectivity index (χ0v) is 12.3. The SMILES string of the molecule is Cc1ccc(CN2c3ccccc3CC2C(=O)O)cc1C. The Morgan fingerprint density at radius 2 is 1.95 bits per heavy atom. The molecule has 0 saturated heterocycles. The molecule has 0 saturated carbocycles. The van der Waals surface area contributed by atoms with Crippen molar-refractivity contribution in [3.63, 3.8) is 0 Å². The van der Waals surface area contributed by atoms with E-state index in [1.807, 2.05) is 29.2 Å². The molecule has 1 aliphatic rings. The minimum Gasteiger partial charge on any atom is -0.480 e. The third kappa shape index (κ3) is 2.51. The normalized spacial score (nSPS) is 16.9. The Hall–Kier alpha value is -2.29. The lowest BCUT2D eigenvalue weighted by Crippen LogP contribution is -2.38. The number of carbonyl (C=O) groups is 1. The van der Waals surface area contributed by atoms with Gasteiger partial charge in [-0.3, -0.25) is 0 Å². The van der Waals surface area contributed by atoms with Crippen LogP contribution in [0.4, 0.5) is 5.69 Å². The Kier molecular flexibility index (Phi) is 3.42. The quantitative estimate of drug-likeness (QED) is 0.938. The van der Waals surface area contributed by atoms with Crippen LogP contribution >= 0.6 is 0 Å². The lowest BCUT2D eigenvalue weighted by atomic mass is 10.1. The van der Waals surface area contributed by atoms with E-state index in [-0.39, 0.29) is 0 Å². The van der Waals surface area contributed by atoms with E-state index in [1.54, 1.807) is 0 Å². The molecule has 3 heteroatoms. The van der Waals surface area contributed by atoms with Gasteiger partial charge >= 0.3 is 5.97 Å². The Balaban J connectivity index is 1.94. The first-order valence-electron chi connectivity index (χ1n) is 7.20. The van der Waals surface area contributed by atoms with Crippen molar-refractivity contribution in [3.05, 3.63) is 64.7 Å². The molecule has 1 aliphatic heterocycles. The molecule has 0 spiro atoms. The van der Waals surface area contributed by atoms with Crippen LogP contribution in [0.25, 0.3) is 0 Å². The van der Waals surface area contributed by atoms with E-state index in [0.717, 1.165) is 16.8 Å². The van der Waals surface area contributed by atoms with Crippen molar-refractivity contribution >= 4 is 11.7 Å². The van der Waals surface area contributed by atoms with Crippen molar-refractivity contribution < 1.29 is 9.90 Å². The lowest BCUT2D eigenvalue weighted by molar-refractivity contribution is -0.138. The minimum absolute atomic E-state index is 0.469. The van der Waals surface area contributed by atoms with E-state index < -0.39 is 12.0 Å². The van der Waals surface area contributed by atoms with Crippen molar-refractivity contribution in [2.75, 3.05) is 4.90 Å². The molecule has 0 aliphatic carbocycles. The minimum atomic E-state index is -0.755. The van der Waals surface area contributed by atoms with Crippen LogP contribution in [0.15, 0.2) is 42.5 Å². The molecule has 2 aromatic rings. The number of hydrogen-bond donors (Lipinski definition) is 1. The maximum Gasteiger partial charge on any atom is 0.326 e. The van der Waals surface area contributed by atoms with Gasteiger partial charge in [0, 0.05) is 18.7 Å². The number of para-hydroxylation sites is 1. The Labute approximate surface area is 124 Å². The Morgan fingerprint density at radius 3 is 2.67 bits per heavy atom. The summed E-state index contributed by atoms with van der Waals surface area (Å²) in [5.41, 5.74) is 5.82. The summed E-state index contributed by atoms with van der Waals surface area (Å²) in [4.78, 5) is 13.6. The van der Waals surface area contributed by atoms with Crippen molar-refractivity contribution in [2.45, 2.75) is 32.9 Å². The van der Waals surface area contributed by atoms with Crippen molar-refractivity contribution in [1.82, 2.24) is 0 Å². The van der Waals surface area contributed by atoms with Gasteiger partial charge in [0.2, 0.25) is 0 Å². The van der Waals surface area contributed by atoms with E-state index in [9.17, 15) is 9.90 Å². The molecule has 3 nitrogen and oxygen atoms in total. The standard InChI is InChI=1S/C18H19NO2/c1-12-7-8-14(9-13(12)2)11-19-16-6-4-3-5-15(16)10-17(19)18(20)21/h3-9,17H,10-11H2,1-2H3,(H,20,21). The van der Waals surface area contributed by atoms with Gasteiger partial charge in [-0.2, -0.15) is 0 Å². The molecule has 1 N–H and O–H groups in total. The van der Waals surface area contributed by atoms with Crippen LogP contribution in [0.1, 0.15) is 22.3 Å². The largest absolute Gasteiger partial charge is 0.480 e. The van der Waals surface area contributed by atoms with E-state index >= 15 is 0 Å². The molecule has 0 amide bonds. The zero-order chi connectivity index (χ0) is 15.0. The molecule has 0 aromatic heterocycles. The second-order valence-electron chi connectivity index (χ2n) is 5.73. The van der Waals surface area contributed by atoms with E-state index in [4.69, 9.17) is 0 Å². The van der Waals surface area contributed by atoms with Gasteiger partial charge in [-0.25, -0.2) is 4.79 Å². The molecule has 3 rings (SSSR count). The molecule has 0 radical (unpaired) electrons. The topological polar surface area (TPSA) is 40.5 Å². The molecular weight excluding hydrogens is 262 g/mol. The zero-order valence-electron chi connectivity index (χ0n) is 12.3. The van der Waals surface area contributed by atoms with Crippen LogP contribution in [0.5, 0.6) is 0 Å². The molecule has 1 heterocycles. The third-order valence-corrected chi connectivity index (χ3v) is 4.30. The highest BCUT2D eigenvalue weighted by atomic mass is 16.4. The summed E-state index contributed by atoms with van der Waals surface area (Å²) >= 11 is 0. The Bertz CT molecular complexity index is 693. The van der Waals surface area contributed by atoms with E-state index in [1.165, 1.54) is 11.1 Å². The number of aryl methyl sites for hydroxylation is 2. The van der Waals surface area contributed by atoms with Crippen LogP contribution < -0.4 is 4.90 Å². The van der Waals surface area contributed by atoms with Gasteiger partial charge in [0.05, 0.1) is 0 Å². The van der Waals surface area contributed by atoms with Crippen LogP contribution in [0, 0.1) is 13.8 Å². The van der Waals surface area contributed by atoms with Gasteiger partial charge in [-0.05, 0) is 42.2 Å². The molecule has 2 aromatic carbocycles. The number of hydrogen-bond acceptors (Lipinski definition) is 2. The number of rotatable bonds is 3.